The minimum Gasteiger partial charge on any atom is -0.215 e. The van der Waals surface area contributed by atoms with Crippen molar-refractivity contribution < 1.29 is 8.42 Å². The van der Waals surface area contributed by atoms with Crippen LogP contribution in [0.3, 0.4) is 0 Å². The molecule has 1 N–H and O–H groups in total. The fraction of sp³-hybridized carbons (Fsp3) is 1.00. The summed E-state index contributed by atoms with van der Waals surface area (Å²) in [7, 11) is -3.14. The van der Waals surface area contributed by atoms with Crippen molar-refractivity contribution in [1.82, 2.24) is 4.72 Å². The molecule has 1 atom stereocenters. The normalized spacial score (nSPS) is 14.8. The van der Waals surface area contributed by atoms with Crippen LogP contribution in [0.25, 0.3) is 0 Å². The van der Waals surface area contributed by atoms with E-state index in [1.165, 1.54) is 0 Å². The highest BCUT2D eigenvalue weighted by atomic mass is 35.5. The Morgan fingerprint density at radius 3 is 2.23 bits per heavy atom. The molecular weight excluding hydrogens is 210 g/mol. The molecule has 0 fully saturated rings. The molecule has 0 heterocycles. The summed E-state index contributed by atoms with van der Waals surface area (Å²) >= 11 is 5.34. The van der Waals surface area contributed by atoms with E-state index in [9.17, 15) is 8.42 Å². The van der Waals surface area contributed by atoms with Gasteiger partial charge >= 0.3 is 0 Å². The van der Waals surface area contributed by atoms with E-state index in [0.29, 0.717) is 18.4 Å². The van der Waals surface area contributed by atoms with Gasteiger partial charge in [0.25, 0.3) is 0 Å². The van der Waals surface area contributed by atoms with Crippen molar-refractivity contribution >= 4 is 21.6 Å². The molecule has 0 aliphatic carbocycles. The Balaban J connectivity index is 3.88. The van der Waals surface area contributed by atoms with Crippen LogP contribution < -0.4 is 4.72 Å². The van der Waals surface area contributed by atoms with Gasteiger partial charge in [-0.2, -0.15) is 0 Å². The van der Waals surface area contributed by atoms with Crippen molar-refractivity contribution in [1.29, 1.82) is 0 Å². The number of sulfonamides is 1. The average Bonchev–Trinajstić information content (AvgIpc) is 2.00. The maximum absolute atomic E-state index is 11.2. The van der Waals surface area contributed by atoms with Gasteiger partial charge in [-0.1, -0.05) is 20.8 Å². The van der Waals surface area contributed by atoms with Crippen LogP contribution >= 0.6 is 11.6 Å². The molecule has 0 bridgehead atoms. The number of alkyl halides is 1. The molecule has 0 rings (SSSR count). The van der Waals surface area contributed by atoms with Gasteiger partial charge in [0.2, 0.25) is 10.0 Å². The lowest BCUT2D eigenvalue weighted by Gasteiger charge is -2.15. The summed E-state index contributed by atoms with van der Waals surface area (Å²) in [6.45, 7) is 6.66. The Labute approximate surface area is 85.9 Å². The van der Waals surface area contributed by atoms with Crippen LogP contribution in [0.5, 0.6) is 0 Å². The summed E-state index contributed by atoms with van der Waals surface area (Å²) in [4.78, 5) is 0. The van der Waals surface area contributed by atoms with Crippen LogP contribution in [0.4, 0.5) is 0 Å². The van der Waals surface area contributed by atoms with Gasteiger partial charge in [0.05, 0.1) is 5.75 Å². The van der Waals surface area contributed by atoms with Gasteiger partial charge in [-0.05, 0) is 11.8 Å². The van der Waals surface area contributed by atoms with Crippen molar-refractivity contribution in [2.45, 2.75) is 20.8 Å². The van der Waals surface area contributed by atoms with Crippen LogP contribution in [0.1, 0.15) is 20.8 Å². The second kappa shape index (κ2) is 5.83. The minimum absolute atomic E-state index is 0.000624. The molecule has 0 aromatic heterocycles. The summed E-state index contributed by atoms with van der Waals surface area (Å²) < 4.78 is 24.9. The molecule has 0 aromatic carbocycles. The molecule has 3 nitrogen and oxygen atoms in total. The summed E-state index contributed by atoms with van der Waals surface area (Å²) in [5.74, 6) is 0.980. The van der Waals surface area contributed by atoms with Crippen LogP contribution in [-0.4, -0.2) is 26.6 Å². The van der Waals surface area contributed by atoms with E-state index in [-0.39, 0.29) is 11.6 Å². The maximum atomic E-state index is 11.2. The zero-order valence-electron chi connectivity index (χ0n) is 8.38. The highest BCUT2D eigenvalue weighted by molar-refractivity contribution is 7.89. The summed E-state index contributed by atoms with van der Waals surface area (Å²) in [6.07, 6.45) is 0. The molecule has 1 unspecified atom stereocenters. The SMILES string of the molecule is CC(C)C(C)CNS(=O)(=O)CCCl. The van der Waals surface area contributed by atoms with E-state index in [4.69, 9.17) is 11.6 Å². The third-order valence-electron chi connectivity index (χ3n) is 2.11. The first-order chi connectivity index (χ1) is 5.89. The number of hydrogen-bond donors (Lipinski definition) is 1. The summed E-state index contributed by atoms with van der Waals surface area (Å²) in [6, 6.07) is 0. The quantitative estimate of drug-likeness (QED) is 0.698. The van der Waals surface area contributed by atoms with Gasteiger partial charge in [0.15, 0.2) is 0 Å². The third-order valence-corrected chi connectivity index (χ3v) is 3.87. The monoisotopic (exact) mass is 227 g/mol. The molecule has 0 spiro atoms. The first-order valence-corrected chi connectivity index (χ1v) is 6.61. The van der Waals surface area contributed by atoms with Crippen LogP contribution in [0.2, 0.25) is 0 Å². The first-order valence-electron chi connectivity index (χ1n) is 4.42. The summed E-state index contributed by atoms with van der Waals surface area (Å²) in [5.41, 5.74) is 0. The Morgan fingerprint density at radius 2 is 1.85 bits per heavy atom. The van der Waals surface area contributed by atoms with Crippen molar-refractivity contribution in [3.8, 4) is 0 Å². The zero-order chi connectivity index (χ0) is 10.5. The molecule has 80 valence electrons. The molecule has 0 aliphatic rings. The largest absolute Gasteiger partial charge is 0.215 e. The predicted molar refractivity (Wildman–Crippen MR) is 56.5 cm³/mol. The van der Waals surface area contributed by atoms with Crippen molar-refractivity contribution in [3.05, 3.63) is 0 Å². The molecule has 0 aliphatic heterocycles. The van der Waals surface area contributed by atoms with Crippen molar-refractivity contribution in [2.75, 3.05) is 18.2 Å². The lowest BCUT2D eigenvalue weighted by molar-refractivity contribution is 0.415. The van der Waals surface area contributed by atoms with Gasteiger partial charge in [-0.15, -0.1) is 11.6 Å². The second-order valence-corrected chi connectivity index (χ2v) is 5.88. The highest BCUT2D eigenvalue weighted by Gasteiger charge is 2.12. The lowest BCUT2D eigenvalue weighted by atomic mass is 9.99. The van der Waals surface area contributed by atoms with Gasteiger partial charge in [0.1, 0.15) is 0 Å². The molecule has 13 heavy (non-hydrogen) atoms. The molecule has 0 saturated carbocycles. The van der Waals surface area contributed by atoms with Crippen LogP contribution in [0, 0.1) is 11.8 Å². The van der Waals surface area contributed by atoms with Crippen molar-refractivity contribution in [2.24, 2.45) is 11.8 Å². The van der Waals surface area contributed by atoms with E-state index >= 15 is 0 Å². The molecule has 5 heteroatoms. The second-order valence-electron chi connectivity index (χ2n) is 3.58. The van der Waals surface area contributed by atoms with Gasteiger partial charge in [0, 0.05) is 12.4 Å². The average molecular weight is 228 g/mol. The molecule has 0 saturated heterocycles. The van der Waals surface area contributed by atoms with Crippen molar-refractivity contribution in [3.63, 3.8) is 0 Å². The van der Waals surface area contributed by atoms with E-state index in [1.807, 2.05) is 6.92 Å². The lowest BCUT2D eigenvalue weighted by Crippen LogP contribution is -2.32. The Morgan fingerprint density at radius 1 is 1.31 bits per heavy atom. The Bertz CT molecular complexity index is 226. The van der Waals surface area contributed by atoms with Crippen LogP contribution in [-0.2, 0) is 10.0 Å². The molecular formula is C8H18ClNO2S. The van der Waals surface area contributed by atoms with Gasteiger partial charge < -0.3 is 0 Å². The van der Waals surface area contributed by atoms with E-state index in [2.05, 4.69) is 18.6 Å². The zero-order valence-corrected chi connectivity index (χ0v) is 9.95. The first kappa shape index (κ1) is 13.2. The topological polar surface area (TPSA) is 46.2 Å². The Hall–Kier alpha value is 0.200. The third kappa shape index (κ3) is 6.29. The number of rotatable bonds is 6. The Kier molecular flexibility index (Phi) is 5.92. The summed E-state index contributed by atoms with van der Waals surface area (Å²) in [5, 5.41) is 0. The van der Waals surface area contributed by atoms with Crippen LogP contribution in [0.15, 0.2) is 0 Å². The van der Waals surface area contributed by atoms with Gasteiger partial charge in [-0.3, -0.25) is 0 Å². The standard InChI is InChI=1S/C8H18ClNO2S/c1-7(2)8(3)6-10-13(11,12)5-4-9/h7-8,10H,4-6H2,1-3H3. The van der Waals surface area contributed by atoms with E-state index in [1.54, 1.807) is 0 Å². The minimum atomic E-state index is -3.14. The smallest absolute Gasteiger partial charge is 0.212 e. The highest BCUT2D eigenvalue weighted by Crippen LogP contribution is 2.08. The van der Waals surface area contributed by atoms with E-state index in [0.717, 1.165) is 0 Å². The predicted octanol–water partition coefficient (Wildman–Crippen LogP) is 1.44. The number of halogens is 1. The van der Waals surface area contributed by atoms with E-state index < -0.39 is 10.0 Å². The number of hydrogen-bond acceptors (Lipinski definition) is 2. The van der Waals surface area contributed by atoms with Gasteiger partial charge in [-0.25, -0.2) is 13.1 Å². The maximum Gasteiger partial charge on any atom is 0.212 e. The molecule has 0 amide bonds. The number of nitrogens with one attached hydrogen (secondary N) is 1. The fourth-order valence-electron chi connectivity index (χ4n) is 0.668. The molecule has 0 aromatic rings. The fourth-order valence-corrected chi connectivity index (χ4v) is 2.14. The molecule has 0 radical (unpaired) electrons.